The smallest absolute Gasteiger partial charge is 0.157 e. The Bertz CT molecular complexity index is 274. The molecule has 0 spiro atoms. The summed E-state index contributed by atoms with van der Waals surface area (Å²) in [5.41, 5.74) is 0. The minimum Gasteiger partial charge on any atom is -0.361 e. The molecule has 0 aromatic heterocycles. The van der Waals surface area contributed by atoms with E-state index in [2.05, 4.69) is 17.1 Å². The van der Waals surface area contributed by atoms with E-state index in [4.69, 9.17) is 4.99 Å². The van der Waals surface area contributed by atoms with Gasteiger partial charge in [-0.2, -0.15) is 11.8 Å². The minimum absolute atomic E-state index is 0.645. The van der Waals surface area contributed by atoms with Crippen LogP contribution in [0.5, 0.6) is 0 Å². The zero-order chi connectivity index (χ0) is 10.8. The van der Waals surface area contributed by atoms with Crippen LogP contribution in [0.2, 0.25) is 0 Å². The summed E-state index contributed by atoms with van der Waals surface area (Å²) in [6.45, 7) is 0. The summed E-state index contributed by atoms with van der Waals surface area (Å²) in [5, 5.41) is 4.89. The van der Waals surface area contributed by atoms with Crippen LogP contribution in [0, 0.1) is 5.92 Å². The maximum Gasteiger partial charge on any atom is 0.157 e. The van der Waals surface area contributed by atoms with Gasteiger partial charge in [0.15, 0.2) is 5.17 Å². The monoisotopic (exact) mass is 256 g/mol. The first-order chi connectivity index (χ1) is 7.92. The van der Waals surface area contributed by atoms with E-state index in [1.54, 1.807) is 0 Å². The van der Waals surface area contributed by atoms with Crippen molar-refractivity contribution >= 4 is 28.7 Å². The van der Waals surface area contributed by atoms with Crippen LogP contribution in [0.3, 0.4) is 0 Å². The zero-order valence-corrected chi connectivity index (χ0v) is 11.3. The summed E-state index contributed by atoms with van der Waals surface area (Å²) >= 11 is 4.03. The molecule has 3 aliphatic rings. The number of fused-ring (bicyclic) bond motifs is 1. The average Bonchev–Trinajstić information content (AvgIpc) is 2.82. The van der Waals surface area contributed by atoms with Gasteiger partial charge in [0.05, 0.1) is 6.04 Å². The lowest BCUT2D eigenvalue weighted by Gasteiger charge is -2.33. The Morgan fingerprint density at radius 1 is 1.12 bits per heavy atom. The second-order valence-corrected chi connectivity index (χ2v) is 7.22. The number of hydrogen-bond donors (Lipinski definition) is 1. The van der Waals surface area contributed by atoms with Crippen LogP contribution in [0.15, 0.2) is 4.99 Å². The highest BCUT2D eigenvalue weighted by atomic mass is 32.2. The third-order valence-corrected chi connectivity index (χ3v) is 6.10. The molecule has 3 atom stereocenters. The fourth-order valence-electron chi connectivity index (χ4n) is 2.83. The fourth-order valence-corrected chi connectivity index (χ4v) is 5.20. The molecule has 1 aliphatic carbocycles. The van der Waals surface area contributed by atoms with Crippen LogP contribution in [-0.2, 0) is 0 Å². The Morgan fingerprint density at radius 2 is 2.06 bits per heavy atom. The lowest BCUT2D eigenvalue weighted by molar-refractivity contribution is 0.335. The molecule has 0 radical (unpaired) electrons. The van der Waals surface area contributed by atoms with E-state index in [9.17, 15) is 0 Å². The topological polar surface area (TPSA) is 24.4 Å². The van der Waals surface area contributed by atoms with Gasteiger partial charge in [-0.05, 0) is 30.9 Å². The van der Waals surface area contributed by atoms with Gasteiger partial charge >= 0.3 is 0 Å². The van der Waals surface area contributed by atoms with Gasteiger partial charge in [0.2, 0.25) is 0 Å². The molecular weight excluding hydrogens is 236 g/mol. The van der Waals surface area contributed by atoms with E-state index in [0.29, 0.717) is 12.1 Å². The van der Waals surface area contributed by atoms with Gasteiger partial charge in [-0.1, -0.05) is 24.6 Å². The molecule has 2 fully saturated rings. The van der Waals surface area contributed by atoms with Gasteiger partial charge < -0.3 is 5.32 Å². The third kappa shape index (κ3) is 2.53. The number of hydrogen-bond acceptors (Lipinski definition) is 4. The van der Waals surface area contributed by atoms with Crippen LogP contribution >= 0.6 is 23.5 Å². The maximum absolute atomic E-state index is 4.93. The van der Waals surface area contributed by atoms with Crippen molar-refractivity contribution < 1.29 is 0 Å². The Balaban J connectivity index is 1.60. The number of amidine groups is 1. The van der Waals surface area contributed by atoms with Gasteiger partial charge in [-0.25, -0.2) is 0 Å². The van der Waals surface area contributed by atoms with Crippen molar-refractivity contribution in [3.63, 3.8) is 0 Å². The van der Waals surface area contributed by atoms with E-state index in [1.807, 2.05) is 11.8 Å². The molecule has 0 amide bonds. The Kier molecular flexibility index (Phi) is 3.67. The average molecular weight is 256 g/mol. The minimum atomic E-state index is 0.645. The largest absolute Gasteiger partial charge is 0.361 e. The molecule has 2 aliphatic heterocycles. The van der Waals surface area contributed by atoms with E-state index in [-0.39, 0.29) is 0 Å². The van der Waals surface area contributed by atoms with Gasteiger partial charge in [0.25, 0.3) is 0 Å². The van der Waals surface area contributed by atoms with Gasteiger partial charge in [0.1, 0.15) is 0 Å². The van der Waals surface area contributed by atoms with Crippen molar-refractivity contribution in [1.82, 2.24) is 5.32 Å². The molecule has 1 N–H and O–H groups in total. The van der Waals surface area contributed by atoms with Crippen LogP contribution in [0.4, 0.5) is 0 Å². The molecule has 16 heavy (non-hydrogen) atoms. The molecule has 1 saturated carbocycles. The summed E-state index contributed by atoms with van der Waals surface area (Å²) in [7, 11) is 0. The first-order valence-electron chi connectivity index (χ1n) is 6.47. The molecule has 0 bridgehead atoms. The summed E-state index contributed by atoms with van der Waals surface area (Å²) < 4.78 is 0. The Labute approximate surface area is 106 Å². The summed E-state index contributed by atoms with van der Waals surface area (Å²) in [4.78, 5) is 4.93. The van der Waals surface area contributed by atoms with Crippen molar-refractivity contribution in [1.29, 1.82) is 0 Å². The normalized spacial score (nSPS) is 39.0. The second-order valence-electron chi connectivity index (χ2n) is 5.06. The molecule has 0 aromatic rings. The van der Waals surface area contributed by atoms with Gasteiger partial charge in [-0.3, -0.25) is 4.99 Å². The van der Waals surface area contributed by atoms with Gasteiger partial charge in [-0.15, -0.1) is 0 Å². The third-order valence-electron chi connectivity index (χ3n) is 3.84. The van der Waals surface area contributed by atoms with Crippen LogP contribution in [0.1, 0.15) is 32.1 Å². The van der Waals surface area contributed by atoms with E-state index < -0.39 is 0 Å². The molecule has 2 nitrogen and oxygen atoms in total. The molecule has 2 heterocycles. The van der Waals surface area contributed by atoms with Crippen molar-refractivity contribution in [2.45, 2.75) is 44.2 Å². The van der Waals surface area contributed by atoms with Crippen molar-refractivity contribution in [3.05, 3.63) is 0 Å². The lowest BCUT2D eigenvalue weighted by Crippen LogP contribution is -2.39. The Hall–Kier alpha value is 0.170. The highest BCUT2D eigenvalue weighted by Gasteiger charge is 2.29. The predicted molar refractivity (Wildman–Crippen MR) is 74.5 cm³/mol. The lowest BCUT2D eigenvalue weighted by atomic mass is 9.86. The SMILES string of the molecule is C1CCC2N=C(NC3CCSC3)SCC2C1. The fraction of sp³-hybridized carbons (Fsp3) is 0.917. The highest BCUT2D eigenvalue weighted by Crippen LogP contribution is 2.34. The number of nitrogens with one attached hydrogen (secondary N) is 1. The molecule has 3 rings (SSSR count). The van der Waals surface area contributed by atoms with Gasteiger partial charge in [0, 0.05) is 17.5 Å². The molecular formula is C12H20N2S2. The highest BCUT2D eigenvalue weighted by molar-refractivity contribution is 8.13. The van der Waals surface area contributed by atoms with Crippen molar-refractivity contribution in [3.8, 4) is 0 Å². The van der Waals surface area contributed by atoms with Crippen molar-refractivity contribution in [2.75, 3.05) is 17.3 Å². The molecule has 3 unspecified atom stereocenters. The van der Waals surface area contributed by atoms with Crippen LogP contribution in [0.25, 0.3) is 0 Å². The summed E-state index contributed by atoms with van der Waals surface area (Å²) in [6, 6.07) is 1.34. The number of rotatable bonds is 1. The first-order valence-corrected chi connectivity index (χ1v) is 8.61. The standard InChI is InChI=1S/C12H20N2S2/c1-2-4-11-9(3-1)7-16-12(14-11)13-10-5-6-15-8-10/h9-11H,1-8H2,(H,13,14). The summed E-state index contributed by atoms with van der Waals surface area (Å²) in [6.07, 6.45) is 6.88. The Morgan fingerprint density at radius 3 is 2.94 bits per heavy atom. The van der Waals surface area contributed by atoms with E-state index >= 15 is 0 Å². The maximum atomic E-state index is 4.93. The first kappa shape index (κ1) is 11.3. The molecule has 1 saturated heterocycles. The summed E-state index contributed by atoms with van der Waals surface area (Å²) in [5.74, 6) is 4.77. The van der Waals surface area contributed by atoms with Crippen LogP contribution < -0.4 is 5.32 Å². The van der Waals surface area contributed by atoms with E-state index in [0.717, 1.165) is 5.92 Å². The van der Waals surface area contributed by atoms with Crippen LogP contribution in [-0.4, -0.2) is 34.5 Å². The molecule has 0 aromatic carbocycles. The molecule has 90 valence electrons. The number of aliphatic imine (C=N–C) groups is 1. The number of thioether (sulfide) groups is 2. The molecule has 4 heteroatoms. The van der Waals surface area contributed by atoms with E-state index in [1.165, 1.54) is 54.5 Å². The predicted octanol–water partition coefficient (Wildman–Crippen LogP) is 2.74. The zero-order valence-electron chi connectivity index (χ0n) is 9.65. The quantitative estimate of drug-likeness (QED) is 0.781. The second kappa shape index (κ2) is 5.21. The number of nitrogens with zero attached hydrogens (tertiary/aromatic N) is 1. The van der Waals surface area contributed by atoms with Crippen molar-refractivity contribution in [2.24, 2.45) is 10.9 Å².